The first-order chi connectivity index (χ1) is 13.7. The smallest absolute Gasteiger partial charge is 0.243 e. The van der Waals surface area contributed by atoms with E-state index in [2.05, 4.69) is 17.0 Å². The van der Waals surface area contributed by atoms with Crippen molar-refractivity contribution in [3.05, 3.63) is 60.2 Å². The lowest BCUT2D eigenvalue weighted by Gasteiger charge is -2.44. The van der Waals surface area contributed by atoms with Gasteiger partial charge in [-0.25, -0.2) is 0 Å². The molecule has 2 aromatic carbocycles. The molecular formula is C23H28N2O3. The fourth-order valence-corrected chi connectivity index (χ4v) is 4.60. The van der Waals surface area contributed by atoms with Gasteiger partial charge in [-0.3, -0.25) is 9.69 Å². The molecule has 2 fully saturated rings. The number of piperidine rings is 1. The Hall–Kier alpha value is -2.37. The van der Waals surface area contributed by atoms with Crippen LogP contribution >= 0.6 is 0 Å². The second-order valence-electron chi connectivity index (χ2n) is 7.74. The molecule has 5 heteroatoms. The molecule has 1 amide bonds. The van der Waals surface area contributed by atoms with Crippen LogP contribution in [0.4, 0.5) is 0 Å². The van der Waals surface area contributed by atoms with Crippen LogP contribution in [-0.2, 0) is 11.3 Å². The second kappa shape index (κ2) is 8.33. The highest BCUT2D eigenvalue weighted by molar-refractivity contribution is 5.87. The van der Waals surface area contributed by atoms with Gasteiger partial charge in [0, 0.05) is 19.6 Å². The highest BCUT2D eigenvalue weighted by Gasteiger charge is 2.50. The van der Waals surface area contributed by atoms with Gasteiger partial charge in [0.2, 0.25) is 5.91 Å². The minimum Gasteiger partial charge on any atom is -0.457 e. The number of carbonyl (C=O) groups is 1. The summed E-state index contributed by atoms with van der Waals surface area (Å²) in [5.41, 5.74) is 0.806. The molecule has 1 atom stereocenters. The molecule has 2 aromatic rings. The standard InChI is InChI=1S/C23H28N2O3/c26-17-16-24-14-4-12-23(22(24)27)13-5-15-25(23)18-19-8-10-21(11-9-19)28-20-6-2-1-3-7-20/h1-3,6-11,26H,4-5,12-18H2. The van der Waals surface area contributed by atoms with E-state index in [-0.39, 0.29) is 18.1 Å². The Labute approximate surface area is 166 Å². The summed E-state index contributed by atoms with van der Waals surface area (Å²) in [7, 11) is 0. The molecule has 0 saturated carbocycles. The van der Waals surface area contributed by atoms with Gasteiger partial charge in [0.05, 0.1) is 6.61 Å². The molecule has 0 aromatic heterocycles. The molecule has 1 N–H and O–H groups in total. The van der Waals surface area contributed by atoms with Crippen molar-refractivity contribution in [2.75, 3.05) is 26.2 Å². The fraction of sp³-hybridized carbons (Fsp3) is 0.435. The van der Waals surface area contributed by atoms with Gasteiger partial charge in [0.1, 0.15) is 17.0 Å². The number of hydrogen-bond acceptors (Lipinski definition) is 4. The van der Waals surface area contributed by atoms with Crippen molar-refractivity contribution in [1.82, 2.24) is 9.80 Å². The maximum Gasteiger partial charge on any atom is 0.243 e. The Bertz CT molecular complexity index is 791. The van der Waals surface area contributed by atoms with Gasteiger partial charge in [0.15, 0.2) is 0 Å². The first-order valence-electron chi connectivity index (χ1n) is 10.2. The number of likely N-dealkylation sites (tertiary alicyclic amines) is 2. The van der Waals surface area contributed by atoms with E-state index in [1.54, 1.807) is 0 Å². The molecule has 2 aliphatic rings. The van der Waals surface area contributed by atoms with E-state index in [0.29, 0.717) is 6.54 Å². The van der Waals surface area contributed by atoms with Crippen LogP contribution in [0.15, 0.2) is 54.6 Å². The van der Waals surface area contributed by atoms with E-state index in [1.807, 2.05) is 47.4 Å². The van der Waals surface area contributed by atoms with Gasteiger partial charge in [-0.15, -0.1) is 0 Å². The summed E-state index contributed by atoms with van der Waals surface area (Å²) >= 11 is 0. The number of hydrogen-bond donors (Lipinski definition) is 1. The van der Waals surface area contributed by atoms with Crippen molar-refractivity contribution in [3.8, 4) is 11.5 Å². The number of amides is 1. The summed E-state index contributed by atoms with van der Waals surface area (Å²) in [5.74, 6) is 1.84. The molecule has 0 bridgehead atoms. The van der Waals surface area contributed by atoms with Crippen LogP contribution in [0.3, 0.4) is 0 Å². The summed E-state index contributed by atoms with van der Waals surface area (Å²) in [6.07, 6.45) is 3.89. The zero-order valence-electron chi connectivity index (χ0n) is 16.2. The van der Waals surface area contributed by atoms with Crippen LogP contribution in [0.5, 0.6) is 11.5 Å². The molecule has 2 saturated heterocycles. The van der Waals surface area contributed by atoms with Crippen LogP contribution in [0.2, 0.25) is 0 Å². The summed E-state index contributed by atoms with van der Waals surface area (Å²) in [6.45, 7) is 2.95. The van der Waals surface area contributed by atoms with E-state index in [0.717, 1.165) is 56.8 Å². The van der Waals surface area contributed by atoms with Crippen molar-refractivity contribution in [1.29, 1.82) is 0 Å². The topological polar surface area (TPSA) is 53.0 Å². The monoisotopic (exact) mass is 380 g/mol. The Morgan fingerprint density at radius 1 is 0.929 bits per heavy atom. The predicted molar refractivity (Wildman–Crippen MR) is 108 cm³/mol. The molecule has 148 valence electrons. The van der Waals surface area contributed by atoms with Crippen molar-refractivity contribution in [2.24, 2.45) is 0 Å². The average molecular weight is 380 g/mol. The van der Waals surface area contributed by atoms with Crippen molar-refractivity contribution in [3.63, 3.8) is 0 Å². The molecule has 2 heterocycles. The van der Waals surface area contributed by atoms with Crippen molar-refractivity contribution >= 4 is 5.91 Å². The van der Waals surface area contributed by atoms with Crippen LogP contribution in [0, 0.1) is 0 Å². The van der Waals surface area contributed by atoms with Gasteiger partial charge in [0.25, 0.3) is 0 Å². The van der Waals surface area contributed by atoms with E-state index in [1.165, 1.54) is 5.56 Å². The lowest BCUT2D eigenvalue weighted by molar-refractivity contribution is -0.148. The Morgan fingerprint density at radius 3 is 2.32 bits per heavy atom. The van der Waals surface area contributed by atoms with E-state index < -0.39 is 0 Å². The Kier molecular flexibility index (Phi) is 5.64. The number of rotatable bonds is 6. The van der Waals surface area contributed by atoms with Crippen LogP contribution < -0.4 is 4.74 Å². The quantitative estimate of drug-likeness (QED) is 0.834. The van der Waals surface area contributed by atoms with E-state index in [4.69, 9.17) is 4.74 Å². The molecule has 0 radical (unpaired) electrons. The third kappa shape index (κ3) is 3.77. The molecule has 1 unspecified atom stereocenters. The third-order valence-electron chi connectivity index (χ3n) is 5.97. The number of carbonyl (C=O) groups excluding carboxylic acids is 1. The maximum absolute atomic E-state index is 13.2. The number of benzene rings is 2. The average Bonchev–Trinajstić information content (AvgIpc) is 3.11. The van der Waals surface area contributed by atoms with Crippen LogP contribution in [0.25, 0.3) is 0 Å². The normalized spacial score (nSPS) is 22.8. The molecule has 4 rings (SSSR count). The fourth-order valence-electron chi connectivity index (χ4n) is 4.60. The second-order valence-corrected chi connectivity index (χ2v) is 7.74. The number of ether oxygens (including phenoxy) is 1. The SMILES string of the molecule is O=C1N(CCO)CCCC12CCCN2Cc1ccc(Oc2ccccc2)cc1. The van der Waals surface area contributed by atoms with Crippen molar-refractivity contribution < 1.29 is 14.6 Å². The molecular weight excluding hydrogens is 352 g/mol. The number of para-hydroxylation sites is 1. The summed E-state index contributed by atoms with van der Waals surface area (Å²) in [4.78, 5) is 17.3. The first kappa shape index (κ1) is 19.0. The van der Waals surface area contributed by atoms with Gasteiger partial charge >= 0.3 is 0 Å². The Morgan fingerprint density at radius 2 is 1.61 bits per heavy atom. The number of aliphatic hydroxyl groups is 1. The zero-order chi connectivity index (χ0) is 19.4. The van der Waals surface area contributed by atoms with Gasteiger partial charge in [-0.1, -0.05) is 30.3 Å². The summed E-state index contributed by atoms with van der Waals surface area (Å²) in [5, 5.41) is 9.28. The first-order valence-corrected chi connectivity index (χ1v) is 10.2. The third-order valence-corrected chi connectivity index (χ3v) is 5.97. The molecule has 5 nitrogen and oxygen atoms in total. The molecule has 1 spiro atoms. The highest BCUT2D eigenvalue weighted by atomic mass is 16.5. The van der Waals surface area contributed by atoms with E-state index >= 15 is 0 Å². The molecule has 0 aliphatic carbocycles. The largest absolute Gasteiger partial charge is 0.457 e. The van der Waals surface area contributed by atoms with Crippen LogP contribution in [-0.4, -0.2) is 52.6 Å². The molecule has 28 heavy (non-hydrogen) atoms. The minimum absolute atomic E-state index is 0.0324. The lowest BCUT2D eigenvalue weighted by Crippen LogP contribution is -2.60. The zero-order valence-corrected chi connectivity index (χ0v) is 16.2. The number of aliphatic hydroxyl groups excluding tert-OH is 1. The Balaban J connectivity index is 1.45. The number of β-amino-alcohol motifs (C(OH)–C–C–N with tert-alkyl or cyclic N) is 1. The van der Waals surface area contributed by atoms with Gasteiger partial charge in [-0.05, 0) is 62.1 Å². The van der Waals surface area contributed by atoms with Crippen LogP contribution in [0.1, 0.15) is 31.2 Å². The summed E-state index contributed by atoms with van der Waals surface area (Å²) < 4.78 is 5.87. The molecule has 2 aliphatic heterocycles. The van der Waals surface area contributed by atoms with Crippen molar-refractivity contribution in [2.45, 2.75) is 37.8 Å². The number of nitrogens with zero attached hydrogens (tertiary/aromatic N) is 2. The van der Waals surface area contributed by atoms with Gasteiger partial charge < -0.3 is 14.7 Å². The lowest BCUT2D eigenvalue weighted by atomic mass is 9.85. The maximum atomic E-state index is 13.2. The van der Waals surface area contributed by atoms with Gasteiger partial charge in [-0.2, -0.15) is 0 Å². The minimum atomic E-state index is -0.382. The summed E-state index contributed by atoms with van der Waals surface area (Å²) in [6, 6.07) is 17.9. The predicted octanol–water partition coefficient (Wildman–Crippen LogP) is 3.43. The van der Waals surface area contributed by atoms with E-state index in [9.17, 15) is 9.90 Å². The highest BCUT2D eigenvalue weighted by Crippen LogP contribution is 2.39.